The molecule has 1 amide bonds. The zero-order chi connectivity index (χ0) is 15.5. The number of likely N-dealkylation sites (N-methyl/N-ethyl adjacent to an activating group) is 1. The maximum atomic E-state index is 13.7. The van der Waals surface area contributed by atoms with Gasteiger partial charge >= 0.3 is 0 Å². The van der Waals surface area contributed by atoms with E-state index in [4.69, 9.17) is 4.52 Å². The van der Waals surface area contributed by atoms with Crippen LogP contribution in [0.5, 0.6) is 0 Å². The van der Waals surface area contributed by atoms with Crippen molar-refractivity contribution >= 4 is 5.91 Å². The lowest BCUT2D eigenvalue weighted by Crippen LogP contribution is -2.34. The van der Waals surface area contributed by atoms with Gasteiger partial charge in [0.15, 0.2) is 11.5 Å². The highest BCUT2D eigenvalue weighted by Crippen LogP contribution is 2.25. The number of rotatable bonds is 6. The zero-order valence-corrected chi connectivity index (χ0v) is 12.4. The molecule has 3 rings (SSSR count). The van der Waals surface area contributed by atoms with Gasteiger partial charge in [-0.1, -0.05) is 17.3 Å². The van der Waals surface area contributed by atoms with Gasteiger partial charge in [-0.15, -0.1) is 0 Å². The largest absolute Gasteiger partial charge is 0.355 e. The van der Waals surface area contributed by atoms with Crippen molar-refractivity contribution in [2.24, 2.45) is 0 Å². The van der Waals surface area contributed by atoms with Crippen molar-refractivity contribution in [3.8, 4) is 11.3 Å². The fourth-order valence-corrected chi connectivity index (χ4v) is 2.30. The van der Waals surface area contributed by atoms with E-state index in [2.05, 4.69) is 22.4 Å². The topological polar surface area (TPSA) is 58.4 Å². The number of aromatic nitrogens is 1. The van der Waals surface area contributed by atoms with Crippen LogP contribution in [0, 0.1) is 5.82 Å². The van der Waals surface area contributed by atoms with Crippen LogP contribution in [0.15, 0.2) is 34.9 Å². The Bertz CT molecular complexity index is 667. The van der Waals surface area contributed by atoms with Crippen LogP contribution < -0.4 is 5.32 Å². The van der Waals surface area contributed by atoms with E-state index in [0.717, 1.165) is 6.54 Å². The SMILES string of the molecule is CN(CCNC(=O)c1cc(-c2ccccc2F)on1)C1CC1. The molecule has 6 heteroatoms. The first-order valence-corrected chi connectivity index (χ1v) is 7.35. The van der Waals surface area contributed by atoms with Crippen LogP contribution in [-0.4, -0.2) is 42.1 Å². The molecule has 0 spiro atoms. The normalized spacial score (nSPS) is 14.3. The minimum Gasteiger partial charge on any atom is -0.355 e. The fraction of sp³-hybridized carbons (Fsp3) is 0.375. The van der Waals surface area contributed by atoms with E-state index in [1.807, 2.05) is 0 Å². The lowest BCUT2D eigenvalue weighted by Gasteiger charge is -2.15. The highest BCUT2D eigenvalue weighted by molar-refractivity contribution is 5.93. The maximum Gasteiger partial charge on any atom is 0.273 e. The Morgan fingerprint density at radius 3 is 2.95 bits per heavy atom. The van der Waals surface area contributed by atoms with Gasteiger partial charge < -0.3 is 14.7 Å². The van der Waals surface area contributed by atoms with Crippen LogP contribution in [0.3, 0.4) is 0 Å². The lowest BCUT2D eigenvalue weighted by molar-refractivity contribution is 0.0940. The quantitative estimate of drug-likeness (QED) is 0.889. The molecule has 116 valence electrons. The molecule has 1 fully saturated rings. The first-order valence-electron chi connectivity index (χ1n) is 7.35. The molecule has 1 aromatic carbocycles. The van der Waals surface area contributed by atoms with E-state index in [0.29, 0.717) is 18.2 Å². The van der Waals surface area contributed by atoms with E-state index in [1.54, 1.807) is 18.2 Å². The molecular formula is C16H18FN3O2. The molecular weight excluding hydrogens is 285 g/mol. The van der Waals surface area contributed by atoms with E-state index >= 15 is 0 Å². The molecule has 0 saturated heterocycles. The number of nitrogens with one attached hydrogen (secondary N) is 1. The van der Waals surface area contributed by atoms with Gasteiger partial charge in [-0.3, -0.25) is 4.79 Å². The highest BCUT2D eigenvalue weighted by Gasteiger charge is 2.25. The van der Waals surface area contributed by atoms with E-state index < -0.39 is 5.82 Å². The van der Waals surface area contributed by atoms with E-state index in [-0.39, 0.29) is 17.4 Å². The molecule has 0 atom stereocenters. The Hall–Kier alpha value is -2.21. The van der Waals surface area contributed by atoms with Gasteiger partial charge in [0.2, 0.25) is 0 Å². The van der Waals surface area contributed by atoms with Crippen LogP contribution in [0.2, 0.25) is 0 Å². The highest BCUT2D eigenvalue weighted by atomic mass is 19.1. The van der Waals surface area contributed by atoms with Crippen molar-refractivity contribution in [3.05, 3.63) is 41.8 Å². The molecule has 1 aliphatic carbocycles. The Balaban J connectivity index is 1.58. The molecule has 0 radical (unpaired) electrons. The van der Waals surface area contributed by atoms with Gasteiger partial charge in [0.05, 0.1) is 5.56 Å². The number of benzene rings is 1. The summed E-state index contributed by atoms with van der Waals surface area (Å²) >= 11 is 0. The van der Waals surface area contributed by atoms with Crippen molar-refractivity contribution in [3.63, 3.8) is 0 Å². The third-order valence-corrected chi connectivity index (χ3v) is 3.80. The molecule has 0 aliphatic heterocycles. The smallest absolute Gasteiger partial charge is 0.273 e. The minimum atomic E-state index is -0.406. The molecule has 1 N–H and O–H groups in total. The third kappa shape index (κ3) is 3.33. The predicted octanol–water partition coefficient (Wildman–Crippen LogP) is 2.30. The molecule has 1 heterocycles. The summed E-state index contributed by atoms with van der Waals surface area (Å²) in [7, 11) is 2.05. The average molecular weight is 303 g/mol. The van der Waals surface area contributed by atoms with Gasteiger partial charge in [-0.25, -0.2) is 4.39 Å². The van der Waals surface area contributed by atoms with Crippen LogP contribution in [-0.2, 0) is 0 Å². The van der Waals surface area contributed by atoms with Crippen LogP contribution in [0.4, 0.5) is 4.39 Å². The van der Waals surface area contributed by atoms with Crippen LogP contribution >= 0.6 is 0 Å². The number of amides is 1. The van der Waals surface area contributed by atoms with Gasteiger partial charge in [-0.05, 0) is 32.0 Å². The Morgan fingerprint density at radius 2 is 2.23 bits per heavy atom. The monoisotopic (exact) mass is 303 g/mol. The molecule has 5 nitrogen and oxygen atoms in total. The minimum absolute atomic E-state index is 0.160. The van der Waals surface area contributed by atoms with E-state index in [1.165, 1.54) is 25.0 Å². The molecule has 1 aromatic heterocycles. The number of carbonyl (C=O) groups is 1. The first kappa shape index (κ1) is 14.7. The number of nitrogens with zero attached hydrogens (tertiary/aromatic N) is 2. The standard InChI is InChI=1S/C16H18FN3O2/c1-20(11-6-7-11)9-8-18-16(21)14-10-15(22-19-14)12-4-2-3-5-13(12)17/h2-5,10-11H,6-9H2,1H3,(H,18,21). The van der Waals surface area contributed by atoms with Gasteiger partial charge in [0.25, 0.3) is 5.91 Å². The van der Waals surface area contributed by atoms with Crippen LogP contribution in [0.1, 0.15) is 23.3 Å². The van der Waals surface area contributed by atoms with Crippen molar-refractivity contribution in [2.45, 2.75) is 18.9 Å². The summed E-state index contributed by atoms with van der Waals surface area (Å²) < 4.78 is 18.7. The number of carbonyl (C=O) groups excluding carboxylic acids is 1. The second-order valence-electron chi connectivity index (χ2n) is 5.52. The average Bonchev–Trinajstić information content (AvgIpc) is 3.25. The van der Waals surface area contributed by atoms with Crippen LogP contribution in [0.25, 0.3) is 11.3 Å². The molecule has 1 aliphatic rings. The number of halogens is 1. The summed E-state index contributed by atoms with van der Waals surface area (Å²) in [6.45, 7) is 1.35. The molecule has 0 bridgehead atoms. The molecule has 2 aromatic rings. The van der Waals surface area contributed by atoms with Gasteiger partial charge in [0.1, 0.15) is 5.82 Å². The van der Waals surface area contributed by atoms with E-state index in [9.17, 15) is 9.18 Å². The number of hydrogen-bond donors (Lipinski definition) is 1. The maximum absolute atomic E-state index is 13.7. The first-order chi connectivity index (χ1) is 10.6. The molecule has 22 heavy (non-hydrogen) atoms. The van der Waals surface area contributed by atoms with Gasteiger partial charge in [-0.2, -0.15) is 0 Å². The second kappa shape index (κ2) is 6.27. The molecule has 1 saturated carbocycles. The van der Waals surface area contributed by atoms with Crippen molar-refractivity contribution in [2.75, 3.05) is 20.1 Å². The third-order valence-electron chi connectivity index (χ3n) is 3.80. The predicted molar refractivity (Wildman–Crippen MR) is 79.9 cm³/mol. The van der Waals surface area contributed by atoms with Crippen molar-refractivity contribution < 1.29 is 13.7 Å². The second-order valence-corrected chi connectivity index (χ2v) is 5.52. The summed E-state index contributed by atoms with van der Waals surface area (Å²) in [4.78, 5) is 14.2. The summed E-state index contributed by atoms with van der Waals surface area (Å²) in [5, 5.41) is 6.51. The summed E-state index contributed by atoms with van der Waals surface area (Å²) in [5.74, 6) is -0.467. The molecule has 0 unspecified atom stereocenters. The lowest BCUT2D eigenvalue weighted by atomic mass is 10.1. The number of hydrogen-bond acceptors (Lipinski definition) is 4. The Kier molecular flexibility index (Phi) is 4.20. The summed E-state index contributed by atoms with van der Waals surface area (Å²) in [6.07, 6.45) is 2.47. The van der Waals surface area contributed by atoms with Crippen molar-refractivity contribution in [1.82, 2.24) is 15.4 Å². The summed E-state index contributed by atoms with van der Waals surface area (Å²) in [5.41, 5.74) is 0.454. The zero-order valence-electron chi connectivity index (χ0n) is 12.4. The van der Waals surface area contributed by atoms with Crippen molar-refractivity contribution in [1.29, 1.82) is 0 Å². The van der Waals surface area contributed by atoms with Gasteiger partial charge in [0, 0.05) is 25.2 Å². The Labute approximate surface area is 128 Å². The Morgan fingerprint density at radius 1 is 1.45 bits per heavy atom. The summed E-state index contributed by atoms with van der Waals surface area (Å²) in [6, 6.07) is 8.34. The fourth-order valence-electron chi connectivity index (χ4n) is 2.30.